The number of aryl methyl sites for hydroxylation is 1. The quantitative estimate of drug-likeness (QED) is 0.349. The van der Waals surface area contributed by atoms with Crippen LogP contribution in [0.1, 0.15) is 46.7 Å². The van der Waals surface area contributed by atoms with Gasteiger partial charge in [-0.15, -0.1) is 11.3 Å². The number of nitrogens with zero attached hydrogens (tertiary/aromatic N) is 1. The van der Waals surface area contributed by atoms with E-state index in [2.05, 4.69) is 13.9 Å². The number of allylic oxidation sites excluding steroid dienone is 1. The Balaban J connectivity index is 0.00000233. The van der Waals surface area contributed by atoms with Crippen molar-refractivity contribution in [2.24, 2.45) is 0 Å². The minimum absolute atomic E-state index is 0.000117. The molecule has 13 heteroatoms. The number of thiazole rings is 1. The van der Waals surface area contributed by atoms with E-state index in [0.29, 0.717) is 16.3 Å². The first kappa shape index (κ1) is 26.1. The highest BCUT2D eigenvalue weighted by Gasteiger charge is 2.48. The van der Waals surface area contributed by atoms with E-state index in [1.165, 1.54) is 19.1 Å². The van der Waals surface area contributed by atoms with E-state index in [1.54, 1.807) is 6.92 Å². The van der Waals surface area contributed by atoms with Crippen molar-refractivity contribution in [3.05, 3.63) is 39.3 Å². The summed E-state index contributed by atoms with van der Waals surface area (Å²) in [6, 6.07) is 2.91. The van der Waals surface area contributed by atoms with Gasteiger partial charge in [0.15, 0.2) is 0 Å². The van der Waals surface area contributed by atoms with Gasteiger partial charge in [-0.05, 0) is 37.6 Å². The Hall–Kier alpha value is -2.93. The summed E-state index contributed by atoms with van der Waals surface area (Å²) in [4.78, 5) is 26.0. The molecule has 2 rings (SSSR count). The molecule has 0 atom stereocenters. The Morgan fingerprint density at radius 3 is 2.35 bits per heavy atom. The number of carboxylic acid groups (broad SMARTS) is 1. The molecule has 0 saturated heterocycles. The van der Waals surface area contributed by atoms with Crippen LogP contribution >= 0.6 is 11.3 Å². The number of benzene rings is 1. The van der Waals surface area contributed by atoms with Crippen LogP contribution in [0.25, 0.3) is 11.6 Å². The molecule has 31 heavy (non-hydrogen) atoms. The summed E-state index contributed by atoms with van der Waals surface area (Å²) in [6.07, 6.45) is 1.44. The number of hydrogen-bond acceptors (Lipinski definition) is 8. The lowest BCUT2D eigenvalue weighted by Crippen LogP contribution is -2.28. The van der Waals surface area contributed by atoms with Crippen molar-refractivity contribution in [2.75, 3.05) is 0 Å². The largest absolute Gasteiger partial charge is 0.534 e. The molecule has 170 valence electrons. The first-order valence-electron chi connectivity index (χ1n) is 8.50. The predicted octanol–water partition coefficient (Wildman–Crippen LogP) is 4.50. The summed E-state index contributed by atoms with van der Waals surface area (Å²) >= 11 is 0.910. The van der Waals surface area contributed by atoms with Crippen LogP contribution in [-0.2, 0) is 14.9 Å². The summed E-state index contributed by atoms with van der Waals surface area (Å²) in [6.45, 7) is 7.11. The van der Waals surface area contributed by atoms with Crippen molar-refractivity contribution in [1.29, 1.82) is 0 Å². The third-order valence-electron chi connectivity index (χ3n) is 3.35. The Labute approximate surface area is 180 Å². The number of rotatable bonds is 7. The average Bonchev–Trinajstić information content (AvgIpc) is 3.06. The molecule has 0 aliphatic rings. The number of aromatic nitrogens is 1. The highest BCUT2D eigenvalue weighted by Crippen LogP contribution is 2.33. The summed E-state index contributed by atoms with van der Waals surface area (Å²) in [7, 11) is -5.89. The van der Waals surface area contributed by atoms with Gasteiger partial charge in [0.25, 0.3) is 6.47 Å². The van der Waals surface area contributed by atoms with Gasteiger partial charge in [-0.3, -0.25) is 4.79 Å². The molecule has 0 aliphatic carbocycles. The van der Waals surface area contributed by atoms with Crippen LogP contribution in [0.2, 0.25) is 0 Å². The fourth-order valence-electron chi connectivity index (χ4n) is 2.07. The van der Waals surface area contributed by atoms with Crippen LogP contribution < -0.4 is 8.92 Å². The third kappa shape index (κ3) is 6.52. The van der Waals surface area contributed by atoms with Crippen LogP contribution in [0.15, 0.2) is 18.2 Å². The fourth-order valence-corrected chi connectivity index (χ4v) is 3.40. The maximum atomic E-state index is 12.4. The lowest BCUT2D eigenvalue weighted by molar-refractivity contribution is -0.120. The second-order valence-corrected chi connectivity index (χ2v) is 8.00. The van der Waals surface area contributed by atoms with E-state index in [9.17, 15) is 31.2 Å². The molecule has 0 amide bonds. The van der Waals surface area contributed by atoms with Crippen molar-refractivity contribution in [3.8, 4) is 11.5 Å². The maximum absolute atomic E-state index is 12.4. The van der Waals surface area contributed by atoms with Crippen molar-refractivity contribution in [1.82, 2.24) is 4.98 Å². The molecule has 0 unspecified atom stereocenters. The summed E-state index contributed by atoms with van der Waals surface area (Å²) in [5.41, 5.74) is -4.66. The molecule has 8 nitrogen and oxygen atoms in total. The van der Waals surface area contributed by atoms with Crippen LogP contribution in [0.4, 0.5) is 13.2 Å². The summed E-state index contributed by atoms with van der Waals surface area (Å²) in [5, 5.41) is 9.45. The molecule has 0 bridgehead atoms. The number of carbonyl (C=O) groups is 2. The SMILES string of the molecule is C/C(=C\c1ccc(OS(=O)(=O)C(F)(F)F)cc1OC=O)c1nc(C)c(C(=O)O)s1.CC. The van der Waals surface area contributed by atoms with Gasteiger partial charge in [0, 0.05) is 11.6 Å². The van der Waals surface area contributed by atoms with E-state index < -0.39 is 27.3 Å². The highest BCUT2D eigenvalue weighted by atomic mass is 32.2. The molecule has 1 aromatic heterocycles. The highest BCUT2D eigenvalue weighted by molar-refractivity contribution is 7.88. The normalized spacial score (nSPS) is 11.9. The number of carboxylic acids is 1. The van der Waals surface area contributed by atoms with E-state index in [4.69, 9.17) is 5.11 Å². The molecule has 1 N–H and O–H groups in total. The minimum Gasteiger partial charge on any atom is -0.477 e. The number of alkyl halides is 3. The van der Waals surface area contributed by atoms with Crippen molar-refractivity contribution >= 4 is 45.5 Å². The van der Waals surface area contributed by atoms with Crippen molar-refractivity contribution < 1.29 is 45.2 Å². The molecule has 0 radical (unpaired) electrons. The standard InChI is InChI=1S/C16H12F3NO7S2.C2H6/c1-8(14-20-9(2)13(28-14)15(22)23)5-10-3-4-11(6-12(10)26-7-21)27-29(24,25)16(17,18)19;1-2/h3-7H,1-2H3,(H,22,23);1-2H3/b8-5+;. The van der Waals surface area contributed by atoms with E-state index in [0.717, 1.165) is 23.5 Å². The smallest absolute Gasteiger partial charge is 0.477 e. The van der Waals surface area contributed by atoms with Gasteiger partial charge < -0.3 is 14.0 Å². The number of carbonyl (C=O) groups excluding carboxylic acids is 1. The Morgan fingerprint density at radius 1 is 1.26 bits per heavy atom. The molecule has 2 aromatic rings. The average molecular weight is 481 g/mol. The minimum atomic E-state index is -5.89. The second kappa shape index (κ2) is 10.4. The molecular formula is C18H18F3NO7S2. The van der Waals surface area contributed by atoms with Gasteiger partial charge in [-0.25, -0.2) is 9.78 Å². The van der Waals surface area contributed by atoms with Crippen LogP contribution in [0, 0.1) is 6.92 Å². The zero-order chi connectivity index (χ0) is 24.0. The molecule has 0 fully saturated rings. The van der Waals surface area contributed by atoms with Gasteiger partial charge in [0.05, 0.1) is 5.69 Å². The summed E-state index contributed by atoms with van der Waals surface area (Å²) in [5.74, 6) is -2.13. The number of aromatic carboxylic acids is 1. The lowest BCUT2D eigenvalue weighted by Gasteiger charge is -2.11. The molecule has 0 saturated carbocycles. The fraction of sp³-hybridized carbons (Fsp3) is 0.278. The van der Waals surface area contributed by atoms with Crippen LogP contribution in [-0.4, -0.2) is 36.5 Å². The zero-order valence-corrected chi connectivity index (χ0v) is 18.3. The van der Waals surface area contributed by atoms with Crippen molar-refractivity contribution in [2.45, 2.75) is 33.2 Å². The lowest BCUT2D eigenvalue weighted by atomic mass is 10.1. The Bertz CT molecular complexity index is 1090. The van der Waals surface area contributed by atoms with Crippen LogP contribution in [0.5, 0.6) is 11.5 Å². The first-order chi connectivity index (χ1) is 14.4. The number of ether oxygens (including phenoxy) is 1. The number of hydrogen-bond donors (Lipinski definition) is 1. The van der Waals surface area contributed by atoms with Crippen molar-refractivity contribution in [3.63, 3.8) is 0 Å². The first-order valence-corrected chi connectivity index (χ1v) is 10.7. The van der Waals surface area contributed by atoms with Gasteiger partial charge in [-0.2, -0.15) is 21.6 Å². The molecule has 1 aromatic carbocycles. The summed E-state index contributed by atoms with van der Waals surface area (Å²) < 4.78 is 68.2. The van der Waals surface area contributed by atoms with Crippen LogP contribution in [0.3, 0.4) is 0 Å². The number of halogens is 3. The second-order valence-electron chi connectivity index (χ2n) is 5.46. The van der Waals surface area contributed by atoms with Gasteiger partial charge in [0.1, 0.15) is 21.4 Å². The zero-order valence-electron chi connectivity index (χ0n) is 16.7. The van der Waals surface area contributed by atoms with E-state index in [1.807, 2.05) is 13.8 Å². The Morgan fingerprint density at radius 2 is 1.87 bits per heavy atom. The Kier molecular flexibility index (Phi) is 8.75. The van der Waals surface area contributed by atoms with Gasteiger partial charge in [-0.1, -0.05) is 13.8 Å². The van der Waals surface area contributed by atoms with Gasteiger partial charge >= 0.3 is 21.6 Å². The molecule has 0 spiro atoms. The molecular weight excluding hydrogens is 463 g/mol. The maximum Gasteiger partial charge on any atom is 0.534 e. The van der Waals surface area contributed by atoms with E-state index >= 15 is 0 Å². The third-order valence-corrected chi connectivity index (χ3v) is 5.61. The molecule has 1 heterocycles. The van der Waals surface area contributed by atoms with Gasteiger partial charge in [0.2, 0.25) is 0 Å². The molecule has 0 aliphatic heterocycles. The monoisotopic (exact) mass is 481 g/mol. The van der Waals surface area contributed by atoms with E-state index in [-0.39, 0.29) is 22.7 Å². The topological polar surface area (TPSA) is 120 Å². The predicted molar refractivity (Wildman–Crippen MR) is 107 cm³/mol.